The first-order valence-electron chi connectivity index (χ1n) is 5.69. The van der Waals surface area contributed by atoms with Crippen LogP contribution in [0.4, 0.5) is 14.5 Å². The lowest BCUT2D eigenvalue weighted by Gasteiger charge is -2.10. The summed E-state index contributed by atoms with van der Waals surface area (Å²) in [4.78, 5) is 26.3. The minimum absolute atomic E-state index is 0.0640. The van der Waals surface area contributed by atoms with E-state index >= 15 is 0 Å². The summed E-state index contributed by atoms with van der Waals surface area (Å²) in [6.45, 7) is -1.35. The number of hydrogen-bond donors (Lipinski definition) is 1. The van der Waals surface area contributed by atoms with E-state index in [0.29, 0.717) is 4.47 Å². The number of alkyl halides is 2. The fourth-order valence-electron chi connectivity index (χ4n) is 1.25. The van der Waals surface area contributed by atoms with Gasteiger partial charge in [-0.1, -0.05) is 22.9 Å². The van der Waals surface area contributed by atoms with Crippen LogP contribution in [0.25, 0.3) is 0 Å². The van der Waals surface area contributed by atoms with Gasteiger partial charge in [0.2, 0.25) is 0 Å². The van der Waals surface area contributed by atoms with Crippen molar-refractivity contribution in [3.63, 3.8) is 0 Å². The normalized spacial score (nSPS) is 10.3. The number of benzene rings is 1. The number of ether oxygens (including phenoxy) is 1. The monoisotopic (exact) mass is 380 g/mol. The Hall–Kier alpha value is -2.32. The van der Waals surface area contributed by atoms with Crippen LogP contribution in [-0.2, 0) is 9.59 Å². The molecule has 0 fully saturated rings. The molecule has 7 nitrogen and oxygen atoms in total. The summed E-state index contributed by atoms with van der Waals surface area (Å²) in [5.74, 6) is -0.0978. The van der Waals surface area contributed by atoms with Gasteiger partial charge >= 0.3 is 12.8 Å². The summed E-state index contributed by atoms with van der Waals surface area (Å²) in [6.07, 6.45) is 1.61. The van der Waals surface area contributed by atoms with E-state index in [9.17, 15) is 18.9 Å². The van der Waals surface area contributed by atoms with Gasteiger partial charge in [-0.3, -0.25) is 10.1 Å². The van der Waals surface area contributed by atoms with Crippen molar-refractivity contribution < 1.29 is 28.0 Å². The zero-order chi connectivity index (χ0) is 17.1. The van der Waals surface area contributed by atoms with E-state index < -0.39 is 11.5 Å². The molecule has 0 saturated heterocycles. The molecule has 0 spiro atoms. The van der Waals surface area contributed by atoms with Crippen LogP contribution in [0.3, 0.4) is 0 Å². The summed E-state index contributed by atoms with van der Waals surface area (Å²) < 4.78 is 29.4. The van der Waals surface area contributed by atoms with E-state index in [-0.39, 0.29) is 29.7 Å². The van der Waals surface area contributed by atoms with Crippen LogP contribution in [0.15, 0.2) is 34.6 Å². The fraction of sp³-hybridized carbons (Fsp3) is 0.250. The molecule has 1 aromatic carbocycles. The molecule has 0 aliphatic heterocycles. The van der Waals surface area contributed by atoms with Crippen molar-refractivity contribution in [3.8, 4) is 5.75 Å². The lowest BCUT2D eigenvalue weighted by atomic mass is 10.3. The van der Waals surface area contributed by atoms with Crippen LogP contribution < -0.4 is 10.1 Å². The Labute approximate surface area is 132 Å². The largest absolute Gasteiger partial charge is 0.433 e. The van der Waals surface area contributed by atoms with Crippen LogP contribution in [0, 0.1) is 10.1 Å². The second kappa shape index (κ2) is 10.4. The van der Waals surface area contributed by atoms with Crippen LogP contribution >= 0.6 is 15.9 Å². The molecule has 0 atom stereocenters. The van der Waals surface area contributed by atoms with Gasteiger partial charge in [0.15, 0.2) is 5.75 Å². The number of nitrogens with one attached hydrogen (secondary N) is 1. The maximum atomic E-state index is 12.2. The van der Waals surface area contributed by atoms with E-state index in [2.05, 4.69) is 26.0 Å². The van der Waals surface area contributed by atoms with Gasteiger partial charge in [0, 0.05) is 10.9 Å². The maximum Gasteiger partial charge on any atom is 0.387 e. The van der Waals surface area contributed by atoms with E-state index in [0.717, 1.165) is 6.20 Å². The van der Waals surface area contributed by atoms with Gasteiger partial charge in [-0.05, 0) is 18.2 Å². The molecule has 0 saturated carbocycles. The number of carbonyl (C=O) groups excluding carboxylic acids is 2. The number of nitro groups is 1. The van der Waals surface area contributed by atoms with Gasteiger partial charge in [-0.15, -0.1) is 0 Å². The van der Waals surface area contributed by atoms with Crippen molar-refractivity contribution in [2.75, 3.05) is 5.32 Å². The molecule has 0 aliphatic rings. The summed E-state index contributed by atoms with van der Waals surface area (Å²) in [5.41, 5.74) is 0.155. The van der Waals surface area contributed by atoms with E-state index in [4.69, 9.17) is 9.59 Å². The fourth-order valence-corrected chi connectivity index (χ4v) is 1.59. The summed E-state index contributed by atoms with van der Waals surface area (Å²) in [7, 11) is 0. The van der Waals surface area contributed by atoms with Gasteiger partial charge < -0.3 is 10.1 Å². The van der Waals surface area contributed by atoms with Crippen LogP contribution in [-0.4, -0.2) is 17.7 Å². The topological polar surface area (TPSA) is 98.5 Å². The number of allylic oxidation sites excluding steroid dienone is 1. The molecule has 120 valence electrons. The number of nitrogens with zero attached hydrogens (tertiary/aromatic N) is 1. The average molecular weight is 381 g/mol. The average Bonchev–Trinajstić information content (AvgIpc) is 2.41. The molecule has 1 N–H and O–H groups in total. The van der Waals surface area contributed by atoms with E-state index in [1.807, 2.05) is 0 Å². The molecule has 0 bridgehead atoms. The van der Waals surface area contributed by atoms with Gasteiger partial charge in [-0.2, -0.15) is 18.4 Å². The summed E-state index contributed by atoms with van der Waals surface area (Å²) >= 11 is 3.13. The molecule has 10 heteroatoms. The number of rotatable bonds is 6. The highest BCUT2D eigenvalue weighted by Gasteiger charge is 2.11. The van der Waals surface area contributed by atoms with E-state index in [1.165, 1.54) is 12.1 Å². The highest BCUT2D eigenvalue weighted by Crippen LogP contribution is 2.30. The first-order valence-corrected chi connectivity index (χ1v) is 6.48. The second-order valence-corrected chi connectivity index (χ2v) is 4.41. The smallest absolute Gasteiger partial charge is 0.387 e. The first-order chi connectivity index (χ1) is 10.3. The minimum Gasteiger partial charge on any atom is -0.433 e. The van der Waals surface area contributed by atoms with Gasteiger partial charge in [0.1, 0.15) is 0 Å². The molecule has 0 aliphatic carbocycles. The molecular formula is C12H11BrF2N2O5. The molecule has 22 heavy (non-hydrogen) atoms. The molecule has 0 radical (unpaired) electrons. The van der Waals surface area contributed by atoms with Crippen LogP contribution in [0.5, 0.6) is 5.75 Å². The Morgan fingerprint density at radius 1 is 1.55 bits per heavy atom. The zero-order valence-corrected chi connectivity index (χ0v) is 12.8. The third-order valence-electron chi connectivity index (χ3n) is 2.15. The highest BCUT2D eigenvalue weighted by atomic mass is 79.9. The first kappa shape index (κ1) is 19.7. The van der Waals surface area contributed by atoms with Gasteiger partial charge in [0.25, 0.3) is 5.70 Å². The van der Waals surface area contributed by atoms with Gasteiger partial charge in [0.05, 0.1) is 16.8 Å². The van der Waals surface area contributed by atoms with Crippen molar-refractivity contribution in [2.45, 2.75) is 20.0 Å². The van der Waals surface area contributed by atoms with Crippen molar-refractivity contribution in [1.82, 2.24) is 0 Å². The molecule has 1 aromatic rings. The SMILES string of the molecule is CCC(=CNc1ccc(Br)cc1OC(F)F)[N+](=O)[O-].O=C=O. The van der Waals surface area contributed by atoms with Gasteiger partial charge in [-0.25, -0.2) is 0 Å². The lowest BCUT2D eigenvalue weighted by Crippen LogP contribution is -2.05. The Kier molecular flexibility index (Phi) is 9.31. The number of anilines is 1. The number of hydrogen-bond acceptors (Lipinski definition) is 6. The number of halogens is 3. The predicted octanol–water partition coefficient (Wildman–Crippen LogP) is 3.41. The van der Waals surface area contributed by atoms with Crippen molar-refractivity contribution in [2.24, 2.45) is 0 Å². The Balaban J connectivity index is 0.00000135. The zero-order valence-electron chi connectivity index (χ0n) is 11.2. The molecular weight excluding hydrogens is 370 g/mol. The highest BCUT2D eigenvalue weighted by molar-refractivity contribution is 9.10. The molecule has 0 unspecified atom stereocenters. The summed E-state index contributed by atoms with van der Waals surface area (Å²) in [5, 5.41) is 13.2. The van der Waals surface area contributed by atoms with Crippen molar-refractivity contribution in [1.29, 1.82) is 0 Å². The third-order valence-corrected chi connectivity index (χ3v) is 2.64. The quantitative estimate of drug-likeness (QED) is 0.599. The maximum absolute atomic E-state index is 12.2. The predicted molar refractivity (Wildman–Crippen MR) is 74.8 cm³/mol. The van der Waals surface area contributed by atoms with Crippen molar-refractivity contribution >= 4 is 27.8 Å². The van der Waals surface area contributed by atoms with E-state index in [1.54, 1.807) is 13.0 Å². The molecule has 0 amide bonds. The minimum atomic E-state index is -2.97. The molecule has 1 rings (SSSR count). The molecule has 0 aromatic heterocycles. The standard InChI is InChI=1S/C11H11BrF2N2O3.CO2/c1-2-8(16(17)18)6-15-9-4-3-7(12)5-10(9)19-11(13)14;2-1-3/h3-6,11,15H,2H2,1H3;. The summed E-state index contributed by atoms with van der Waals surface area (Å²) in [6, 6.07) is 4.43. The lowest BCUT2D eigenvalue weighted by molar-refractivity contribution is -0.427. The van der Waals surface area contributed by atoms with Crippen LogP contribution in [0.2, 0.25) is 0 Å². The van der Waals surface area contributed by atoms with Crippen LogP contribution in [0.1, 0.15) is 13.3 Å². The van der Waals surface area contributed by atoms with Crippen molar-refractivity contribution in [3.05, 3.63) is 44.7 Å². The Morgan fingerprint density at radius 3 is 2.59 bits per heavy atom. The Bertz CT molecular complexity index is 575. The molecule has 0 heterocycles. The third kappa shape index (κ3) is 7.46. The Morgan fingerprint density at radius 2 is 2.14 bits per heavy atom. The second-order valence-electron chi connectivity index (χ2n) is 3.49.